The minimum absolute atomic E-state index is 0.231. The van der Waals surface area contributed by atoms with Crippen molar-refractivity contribution >= 4 is 11.9 Å². The molecule has 0 saturated heterocycles. The Balaban J connectivity index is 4.78. The fourth-order valence-corrected chi connectivity index (χ4v) is 1.16. The molecule has 0 aromatic rings. The topological polar surface area (TPSA) is 52.6 Å². The minimum atomic E-state index is -1.11. The average molecular weight is 244 g/mol. The zero-order valence-corrected chi connectivity index (χ0v) is 11.7. The molecule has 0 atom stereocenters. The van der Waals surface area contributed by atoms with Crippen LogP contribution in [0, 0.1) is 11.8 Å². The van der Waals surface area contributed by atoms with Crippen molar-refractivity contribution in [1.29, 1.82) is 0 Å². The van der Waals surface area contributed by atoms with Crippen molar-refractivity contribution in [2.75, 3.05) is 0 Å². The van der Waals surface area contributed by atoms with Crippen molar-refractivity contribution in [1.82, 2.24) is 0 Å². The lowest BCUT2D eigenvalue weighted by Crippen LogP contribution is -2.41. The van der Waals surface area contributed by atoms with Gasteiger partial charge >= 0.3 is 11.9 Å². The second-order valence-electron chi connectivity index (χ2n) is 4.77. The van der Waals surface area contributed by atoms with Crippen molar-refractivity contribution < 1.29 is 19.1 Å². The van der Waals surface area contributed by atoms with Gasteiger partial charge in [0, 0.05) is 12.8 Å². The summed E-state index contributed by atoms with van der Waals surface area (Å²) in [6.07, 6.45) is 0.918. The van der Waals surface area contributed by atoms with Crippen molar-refractivity contribution in [2.45, 2.75) is 60.2 Å². The molecule has 0 aromatic carbocycles. The van der Waals surface area contributed by atoms with Gasteiger partial charge in [0.05, 0.1) is 11.8 Å². The SMILES string of the molecule is CCC(CC)(OC(=O)C(C)C)OC(=O)C(C)C. The highest BCUT2D eigenvalue weighted by molar-refractivity contribution is 5.74. The van der Waals surface area contributed by atoms with E-state index in [2.05, 4.69) is 0 Å². The van der Waals surface area contributed by atoms with Crippen LogP contribution in [0.25, 0.3) is 0 Å². The van der Waals surface area contributed by atoms with Crippen LogP contribution in [-0.2, 0) is 19.1 Å². The Labute approximate surface area is 104 Å². The van der Waals surface area contributed by atoms with Crippen molar-refractivity contribution in [3.63, 3.8) is 0 Å². The Morgan fingerprint density at radius 2 is 1.18 bits per heavy atom. The highest BCUT2D eigenvalue weighted by atomic mass is 16.7. The summed E-state index contributed by atoms with van der Waals surface area (Å²) in [7, 11) is 0. The Morgan fingerprint density at radius 3 is 1.35 bits per heavy atom. The van der Waals surface area contributed by atoms with Gasteiger partial charge in [-0.1, -0.05) is 41.5 Å². The average Bonchev–Trinajstić information content (AvgIpc) is 2.27. The molecule has 4 heteroatoms. The van der Waals surface area contributed by atoms with Crippen LogP contribution < -0.4 is 0 Å². The predicted molar refractivity (Wildman–Crippen MR) is 65.2 cm³/mol. The van der Waals surface area contributed by atoms with Gasteiger partial charge in [0.1, 0.15) is 0 Å². The molecule has 0 spiro atoms. The Kier molecular flexibility index (Phi) is 6.21. The zero-order valence-electron chi connectivity index (χ0n) is 11.7. The van der Waals surface area contributed by atoms with Crippen LogP contribution in [0.3, 0.4) is 0 Å². The highest BCUT2D eigenvalue weighted by Crippen LogP contribution is 2.25. The predicted octanol–water partition coefficient (Wildman–Crippen LogP) is 2.90. The third kappa shape index (κ3) is 4.75. The quantitative estimate of drug-likeness (QED) is 0.532. The molecule has 0 aliphatic rings. The van der Waals surface area contributed by atoms with Gasteiger partial charge in [-0.3, -0.25) is 9.59 Å². The van der Waals surface area contributed by atoms with Crippen LogP contribution in [-0.4, -0.2) is 17.7 Å². The Bertz CT molecular complexity index is 241. The van der Waals surface area contributed by atoms with E-state index in [0.29, 0.717) is 12.8 Å². The van der Waals surface area contributed by atoms with Gasteiger partial charge in [-0.15, -0.1) is 0 Å². The smallest absolute Gasteiger partial charge is 0.311 e. The summed E-state index contributed by atoms with van der Waals surface area (Å²) in [6.45, 7) is 10.7. The molecule has 0 aromatic heterocycles. The molecule has 0 aliphatic carbocycles. The van der Waals surface area contributed by atoms with Crippen LogP contribution >= 0.6 is 0 Å². The van der Waals surface area contributed by atoms with E-state index in [1.54, 1.807) is 27.7 Å². The number of hydrogen-bond acceptors (Lipinski definition) is 4. The van der Waals surface area contributed by atoms with E-state index in [1.165, 1.54) is 0 Å². The largest absolute Gasteiger partial charge is 0.422 e. The van der Waals surface area contributed by atoms with Crippen molar-refractivity contribution in [3.8, 4) is 0 Å². The molecule has 0 aliphatic heterocycles. The lowest BCUT2D eigenvalue weighted by molar-refractivity contribution is -0.235. The lowest BCUT2D eigenvalue weighted by Gasteiger charge is -2.32. The van der Waals surface area contributed by atoms with Crippen LogP contribution in [0.15, 0.2) is 0 Å². The van der Waals surface area contributed by atoms with Crippen LogP contribution in [0.4, 0.5) is 0 Å². The molecule has 0 N–H and O–H groups in total. The van der Waals surface area contributed by atoms with E-state index in [9.17, 15) is 9.59 Å². The first-order chi connectivity index (χ1) is 7.78. The molecule has 0 radical (unpaired) electrons. The van der Waals surface area contributed by atoms with Gasteiger partial charge in [0.2, 0.25) is 0 Å². The monoisotopic (exact) mass is 244 g/mol. The molecule has 0 amide bonds. The fraction of sp³-hybridized carbons (Fsp3) is 0.846. The molecule has 0 saturated carbocycles. The highest BCUT2D eigenvalue weighted by Gasteiger charge is 2.36. The third-order valence-electron chi connectivity index (χ3n) is 2.59. The molecule has 17 heavy (non-hydrogen) atoms. The standard InChI is InChI=1S/C13H24O4/c1-7-13(8-2,16-11(14)9(3)4)17-12(15)10(5)6/h9-10H,7-8H2,1-6H3. The fourth-order valence-electron chi connectivity index (χ4n) is 1.16. The van der Waals surface area contributed by atoms with E-state index in [-0.39, 0.29) is 23.8 Å². The molecule has 0 unspecified atom stereocenters. The number of hydrogen-bond donors (Lipinski definition) is 0. The van der Waals surface area contributed by atoms with E-state index in [4.69, 9.17) is 9.47 Å². The van der Waals surface area contributed by atoms with Gasteiger partial charge < -0.3 is 9.47 Å². The van der Waals surface area contributed by atoms with E-state index in [0.717, 1.165) is 0 Å². The summed E-state index contributed by atoms with van der Waals surface area (Å²) < 4.78 is 10.7. The molecule has 0 rings (SSSR count). The van der Waals surface area contributed by atoms with E-state index in [1.807, 2.05) is 13.8 Å². The van der Waals surface area contributed by atoms with Crippen LogP contribution in [0.2, 0.25) is 0 Å². The maximum Gasteiger partial charge on any atom is 0.311 e. The van der Waals surface area contributed by atoms with Gasteiger partial charge in [0.25, 0.3) is 5.79 Å². The number of carbonyl (C=O) groups is 2. The van der Waals surface area contributed by atoms with Gasteiger partial charge in [-0.05, 0) is 0 Å². The Hall–Kier alpha value is -1.06. The Morgan fingerprint density at radius 1 is 0.882 bits per heavy atom. The third-order valence-corrected chi connectivity index (χ3v) is 2.59. The van der Waals surface area contributed by atoms with Crippen LogP contribution in [0.5, 0.6) is 0 Å². The molecular formula is C13H24O4. The van der Waals surface area contributed by atoms with E-state index >= 15 is 0 Å². The summed E-state index contributed by atoms with van der Waals surface area (Å²) in [5.74, 6) is -2.26. The van der Waals surface area contributed by atoms with Gasteiger partial charge in [-0.25, -0.2) is 0 Å². The molecule has 0 bridgehead atoms. The minimum Gasteiger partial charge on any atom is -0.422 e. The summed E-state index contributed by atoms with van der Waals surface area (Å²) >= 11 is 0. The van der Waals surface area contributed by atoms with Gasteiger partial charge in [-0.2, -0.15) is 0 Å². The summed E-state index contributed by atoms with van der Waals surface area (Å²) in [5.41, 5.74) is 0. The maximum absolute atomic E-state index is 11.6. The molecule has 0 heterocycles. The lowest BCUT2D eigenvalue weighted by atomic mass is 10.1. The first-order valence-corrected chi connectivity index (χ1v) is 6.23. The van der Waals surface area contributed by atoms with Gasteiger partial charge in [0.15, 0.2) is 0 Å². The zero-order chi connectivity index (χ0) is 13.6. The maximum atomic E-state index is 11.6. The van der Waals surface area contributed by atoms with Crippen molar-refractivity contribution in [3.05, 3.63) is 0 Å². The number of carbonyl (C=O) groups excluding carboxylic acids is 2. The molecule has 0 fully saturated rings. The number of ether oxygens (including phenoxy) is 2. The molecule has 4 nitrogen and oxygen atoms in total. The second-order valence-corrected chi connectivity index (χ2v) is 4.77. The summed E-state index contributed by atoms with van der Waals surface area (Å²) in [5, 5.41) is 0. The normalized spacial score (nSPS) is 11.8. The van der Waals surface area contributed by atoms with E-state index < -0.39 is 5.79 Å². The first-order valence-electron chi connectivity index (χ1n) is 6.23. The second kappa shape index (κ2) is 6.62. The number of rotatable bonds is 6. The number of esters is 2. The summed E-state index contributed by atoms with van der Waals surface area (Å²) in [4.78, 5) is 23.2. The molecular weight excluding hydrogens is 220 g/mol. The van der Waals surface area contributed by atoms with Crippen LogP contribution in [0.1, 0.15) is 54.4 Å². The van der Waals surface area contributed by atoms with Crippen molar-refractivity contribution in [2.24, 2.45) is 11.8 Å². The molecule has 100 valence electrons. The first kappa shape index (κ1) is 15.9. The summed E-state index contributed by atoms with van der Waals surface area (Å²) in [6, 6.07) is 0.